The quantitative estimate of drug-likeness (QED) is 0.320. The molecule has 6 heteroatoms. The van der Waals surface area contributed by atoms with Crippen LogP contribution in [0.15, 0.2) is 84.9 Å². The van der Waals surface area contributed by atoms with Crippen LogP contribution in [0.3, 0.4) is 0 Å². The average Bonchev–Trinajstić information content (AvgIpc) is 2.88. The predicted octanol–water partition coefficient (Wildman–Crippen LogP) is 6.13. The van der Waals surface area contributed by atoms with E-state index >= 15 is 0 Å². The lowest BCUT2D eigenvalue weighted by atomic mass is 10.0. The number of rotatable bonds is 12. The summed E-state index contributed by atoms with van der Waals surface area (Å²) in [7, 11) is 0. The van der Waals surface area contributed by atoms with Crippen molar-refractivity contribution in [1.29, 1.82) is 0 Å². The Morgan fingerprint density at radius 2 is 1.49 bits per heavy atom. The van der Waals surface area contributed by atoms with E-state index in [1.807, 2.05) is 86.6 Å². The third-order valence-electron chi connectivity index (χ3n) is 5.88. The Bertz CT molecular complexity index is 1060. The summed E-state index contributed by atoms with van der Waals surface area (Å²) in [5, 5.41) is 3.74. The number of nitrogens with zero attached hydrogens (tertiary/aromatic N) is 1. The molecule has 0 aliphatic rings. The average molecular weight is 509 g/mol. The molecule has 35 heavy (non-hydrogen) atoms. The van der Waals surface area contributed by atoms with Crippen LogP contribution in [-0.2, 0) is 28.3 Å². The number of benzene rings is 3. The summed E-state index contributed by atoms with van der Waals surface area (Å²) < 4.78 is 0. The third-order valence-corrected chi connectivity index (χ3v) is 7.12. The Morgan fingerprint density at radius 3 is 2.09 bits per heavy atom. The summed E-state index contributed by atoms with van der Waals surface area (Å²) in [5.41, 5.74) is 3.12. The first-order chi connectivity index (χ1) is 17.0. The molecule has 0 saturated carbocycles. The van der Waals surface area contributed by atoms with Gasteiger partial charge in [-0.25, -0.2) is 0 Å². The Kier molecular flexibility index (Phi) is 10.7. The normalized spacial score (nSPS) is 12.5. The highest BCUT2D eigenvalue weighted by Gasteiger charge is 2.30. The molecule has 3 aromatic carbocycles. The highest BCUT2D eigenvalue weighted by atomic mass is 35.5. The Hall–Kier alpha value is -2.76. The molecule has 2 amide bonds. The maximum absolute atomic E-state index is 13.6. The number of hydrogen-bond acceptors (Lipinski definition) is 3. The summed E-state index contributed by atoms with van der Waals surface area (Å²) >= 11 is 7.65. The first kappa shape index (κ1) is 26.8. The molecule has 0 radical (unpaired) electrons. The van der Waals surface area contributed by atoms with Crippen LogP contribution in [0.4, 0.5) is 0 Å². The number of halogens is 1. The Balaban J connectivity index is 1.85. The van der Waals surface area contributed by atoms with Gasteiger partial charge < -0.3 is 10.2 Å². The van der Waals surface area contributed by atoms with E-state index in [2.05, 4.69) is 17.4 Å². The van der Waals surface area contributed by atoms with Crippen molar-refractivity contribution in [3.05, 3.63) is 107 Å². The van der Waals surface area contributed by atoms with Gasteiger partial charge in [0.1, 0.15) is 6.04 Å². The number of amides is 2. The van der Waals surface area contributed by atoms with E-state index < -0.39 is 6.04 Å². The number of thioether (sulfide) groups is 1. The molecular formula is C29H33ClN2O2S. The fourth-order valence-corrected chi connectivity index (χ4v) is 4.69. The zero-order valence-electron chi connectivity index (χ0n) is 20.3. The second-order valence-electron chi connectivity index (χ2n) is 8.65. The molecule has 184 valence electrons. The maximum Gasteiger partial charge on any atom is 0.243 e. The molecule has 0 aromatic heterocycles. The molecule has 3 rings (SSSR count). The standard InChI is InChI=1S/C29H33ClN2O2S/c1-3-22(2)31-29(34)27(18-23-10-6-4-7-11-23)32(19-24-14-16-26(30)17-15-24)28(33)21-35-20-25-12-8-5-9-13-25/h4-17,22,27H,3,18-21H2,1-2H3,(H,31,34)/t22-,27-/m1/s1. The first-order valence-electron chi connectivity index (χ1n) is 12.0. The Morgan fingerprint density at radius 1 is 0.886 bits per heavy atom. The van der Waals surface area contributed by atoms with Gasteiger partial charge in [0.15, 0.2) is 0 Å². The van der Waals surface area contributed by atoms with Crippen LogP contribution in [0, 0.1) is 0 Å². The van der Waals surface area contributed by atoms with Crippen molar-refractivity contribution in [2.24, 2.45) is 0 Å². The lowest BCUT2D eigenvalue weighted by Gasteiger charge is -2.32. The molecule has 0 aliphatic heterocycles. The molecule has 0 heterocycles. The highest BCUT2D eigenvalue weighted by Crippen LogP contribution is 2.19. The monoisotopic (exact) mass is 508 g/mol. The van der Waals surface area contributed by atoms with Gasteiger partial charge in [-0.2, -0.15) is 0 Å². The van der Waals surface area contributed by atoms with Crippen LogP contribution < -0.4 is 5.32 Å². The second-order valence-corrected chi connectivity index (χ2v) is 10.1. The van der Waals surface area contributed by atoms with Gasteiger partial charge in [0, 0.05) is 29.8 Å². The molecule has 0 fully saturated rings. The lowest BCUT2D eigenvalue weighted by molar-refractivity contribution is -0.139. The smallest absolute Gasteiger partial charge is 0.243 e. The SMILES string of the molecule is CC[C@@H](C)NC(=O)[C@@H](Cc1ccccc1)N(Cc1ccc(Cl)cc1)C(=O)CSCc1ccccc1. The molecular weight excluding hydrogens is 476 g/mol. The van der Waals surface area contributed by atoms with E-state index in [0.717, 1.165) is 23.3 Å². The zero-order valence-corrected chi connectivity index (χ0v) is 21.9. The van der Waals surface area contributed by atoms with E-state index in [-0.39, 0.29) is 17.9 Å². The summed E-state index contributed by atoms with van der Waals surface area (Å²) in [6.45, 7) is 4.36. The molecule has 0 unspecified atom stereocenters. The van der Waals surface area contributed by atoms with Gasteiger partial charge in [0.05, 0.1) is 5.75 Å². The maximum atomic E-state index is 13.6. The highest BCUT2D eigenvalue weighted by molar-refractivity contribution is 7.99. The van der Waals surface area contributed by atoms with Gasteiger partial charge in [0.25, 0.3) is 0 Å². The minimum atomic E-state index is -0.619. The second kappa shape index (κ2) is 14.0. The van der Waals surface area contributed by atoms with Gasteiger partial charge >= 0.3 is 0 Å². The van der Waals surface area contributed by atoms with Crippen molar-refractivity contribution < 1.29 is 9.59 Å². The van der Waals surface area contributed by atoms with Gasteiger partial charge in [-0.1, -0.05) is 91.3 Å². The van der Waals surface area contributed by atoms with Crippen molar-refractivity contribution in [1.82, 2.24) is 10.2 Å². The van der Waals surface area contributed by atoms with E-state index in [1.165, 1.54) is 5.56 Å². The molecule has 4 nitrogen and oxygen atoms in total. The Labute approximate surface area is 218 Å². The van der Waals surface area contributed by atoms with Gasteiger partial charge in [-0.05, 0) is 42.2 Å². The van der Waals surface area contributed by atoms with Crippen LogP contribution in [0.5, 0.6) is 0 Å². The zero-order chi connectivity index (χ0) is 25.0. The fraction of sp³-hybridized carbons (Fsp3) is 0.310. The van der Waals surface area contributed by atoms with Gasteiger partial charge in [0.2, 0.25) is 11.8 Å². The van der Waals surface area contributed by atoms with Crippen LogP contribution in [0.25, 0.3) is 0 Å². The number of hydrogen-bond donors (Lipinski definition) is 1. The van der Waals surface area contributed by atoms with Crippen molar-refractivity contribution in [2.45, 2.75) is 51.1 Å². The van der Waals surface area contributed by atoms with E-state index in [0.29, 0.717) is 23.7 Å². The largest absolute Gasteiger partial charge is 0.352 e. The van der Waals surface area contributed by atoms with Crippen molar-refractivity contribution in [3.8, 4) is 0 Å². The first-order valence-corrected chi connectivity index (χ1v) is 13.5. The van der Waals surface area contributed by atoms with Crippen LogP contribution in [0.1, 0.15) is 37.0 Å². The van der Waals surface area contributed by atoms with Crippen LogP contribution in [-0.4, -0.2) is 34.6 Å². The van der Waals surface area contributed by atoms with E-state index in [1.54, 1.807) is 16.7 Å². The number of nitrogens with one attached hydrogen (secondary N) is 1. The summed E-state index contributed by atoms with van der Waals surface area (Å²) in [5.74, 6) is 0.855. The minimum absolute atomic E-state index is 0.0284. The van der Waals surface area contributed by atoms with E-state index in [9.17, 15) is 9.59 Å². The molecule has 0 spiro atoms. The summed E-state index contributed by atoms with van der Waals surface area (Å²) in [6.07, 6.45) is 1.27. The summed E-state index contributed by atoms with van der Waals surface area (Å²) in [6, 6.07) is 26.8. The predicted molar refractivity (Wildman–Crippen MR) is 146 cm³/mol. The third kappa shape index (κ3) is 8.75. The minimum Gasteiger partial charge on any atom is -0.352 e. The summed E-state index contributed by atoms with van der Waals surface area (Å²) in [4.78, 5) is 28.8. The van der Waals surface area contributed by atoms with Crippen molar-refractivity contribution in [3.63, 3.8) is 0 Å². The topological polar surface area (TPSA) is 49.4 Å². The van der Waals surface area contributed by atoms with Crippen molar-refractivity contribution >= 4 is 35.2 Å². The lowest BCUT2D eigenvalue weighted by Crippen LogP contribution is -2.52. The molecule has 0 bridgehead atoms. The van der Waals surface area contributed by atoms with Crippen LogP contribution >= 0.6 is 23.4 Å². The number of carbonyl (C=O) groups is 2. The fourth-order valence-electron chi connectivity index (χ4n) is 3.69. The molecule has 0 saturated heterocycles. The molecule has 2 atom stereocenters. The van der Waals surface area contributed by atoms with Gasteiger partial charge in [-0.15, -0.1) is 11.8 Å². The van der Waals surface area contributed by atoms with Crippen LogP contribution in [0.2, 0.25) is 5.02 Å². The van der Waals surface area contributed by atoms with E-state index in [4.69, 9.17) is 11.6 Å². The molecule has 0 aliphatic carbocycles. The van der Waals surface area contributed by atoms with Crippen molar-refractivity contribution in [2.75, 3.05) is 5.75 Å². The molecule has 1 N–H and O–H groups in total. The number of carbonyl (C=O) groups excluding carboxylic acids is 2. The van der Waals surface area contributed by atoms with Gasteiger partial charge in [-0.3, -0.25) is 9.59 Å². The molecule has 3 aromatic rings.